The highest BCUT2D eigenvalue weighted by molar-refractivity contribution is 5.74. The minimum Gasteiger partial charge on any atom is -0.480 e. The second kappa shape index (κ2) is 5.80. The summed E-state index contributed by atoms with van der Waals surface area (Å²) in [6.45, 7) is 8.33. The van der Waals surface area contributed by atoms with Gasteiger partial charge in [0.25, 0.3) is 0 Å². The van der Waals surface area contributed by atoms with E-state index in [0.717, 1.165) is 52.4 Å². The summed E-state index contributed by atoms with van der Waals surface area (Å²) in [6.07, 6.45) is 1.00. The van der Waals surface area contributed by atoms with Gasteiger partial charge in [0.05, 0.1) is 13.2 Å². The molecule has 0 bridgehead atoms. The number of ether oxygens (including phenoxy) is 1. The predicted octanol–water partition coefficient (Wildman–Crippen LogP) is 0.114. The molecule has 0 aromatic heterocycles. The van der Waals surface area contributed by atoms with E-state index in [9.17, 15) is 9.90 Å². The molecular weight excluding hydrogens is 220 g/mol. The molecule has 0 spiro atoms. The van der Waals surface area contributed by atoms with E-state index in [1.54, 1.807) is 0 Å². The Labute approximate surface area is 102 Å². The number of carboxylic acid groups (broad SMARTS) is 1. The van der Waals surface area contributed by atoms with Crippen LogP contribution in [0.1, 0.15) is 13.3 Å². The fraction of sp³-hybridized carbons (Fsp3) is 0.917. The molecule has 2 saturated heterocycles. The Morgan fingerprint density at radius 2 is 2.00 bits per heavy atom. The summed E-state index contributed by atoms with van der Waals surface area (Å²) in [5.41, 5.74) is 0. The number of rotatable bonds is 4. The molecule has 2 aliphatic heterocycles. The van der Waals surface area contributed by atoms with E-state index in [2.05, 4.69) is 9.80 Å². The van der Waals surface area contributed by atoms with Gasteiger partial charge >= 0.3 is 5.97 Å². The Morgan fingerprint density at radius 1 is 1.29 bits per heavy atom. The molecule has 0 amide bonds. The topological polar surface area (TPSA) is 53.0 Å². The zero-order chi connectivity index (χ0) is 12.3. The molecule has 2 fully saturated rings. The van der Waals surface area contributed by atoms with Gasteiger partial charge in [-0.1, -0.05) is 6.92 Å². The standard InChI is InChI=1S/C12H22N2O3/c1-10-2-3-14(11(10)12(15)16)5-4-13-6-8-17-9-7-13/h10-11H,2-9H2,1H3,(H,15,16). The SMILES string of the molecule is CC1CCN(CCN2CCOCC2)C1C(=O)O. The van der Waals surface area contributed by atoms with Crippen LogP contribution in [-0.2, 0) is 9.53 Å². The van der Waals surface area contributed by atoms with Crippen molar-refractivity contribution in [2.24, 2.45) is 5.92 Å². The number of carboxylic acids is 1. The van der Waals surface area contributed by atoms with Gasteiger partial charge in [0.15, 0.2) is 0 Å². The van der Waals surface area contributed by atoms with Crippen LogP contribution in [0, 0.1) is 5.92 Å². The van der Waals surface area contributed by atoms with Gasteiger partial charge in [-0.2, -0.15) is 0 Å². The molecule has 2 rings (SSSR count). The van der Waals surface area contributed by atoms with Crippen molar-refractivity contribution in [1.82, 2.24) is 9.80 Å². The third kappa shape index (κ3) is 3.18. The number of hydrogen-bond donors (Lipinski definition) is 1. The van der Waals surface area contributed by atoms with Crippen molar-refractivity contribution in [3.63, 3.8) is 0 Å². The maximum atomic E-state index is 11.2. The maximum Gasteiger partial charge on any atom is 0.321 e. The molecular formula is C12H22N2O3. The van der Waals surface area contributed by atoms with Crippen LogP contribution in [0.4, 0.5) is 0 Å². The second-order valence-electron chi connectivity index (χ2n) is 5.04. The van der Waals surface area contributed by atoms with Gasteiger partial charge in [0.2, 0.25) is 0 Å². The van der Waals surface area contributed by atoms with Crippen molar-refractivity contribution in [2.75, 3.05) is 45.9 Å². The van der Waals surface area contributed by atoms with Crippen LogP contribution >= 0.6 is 0 Å². The Kier molecular flexibility index (Phi) is 4.36. The van der Waals surface area contributed by atoms with E-state index >= 15 is 0 Å². The number of aliphatic carboxylic acids is 1. The van der Waals surface area contributed by atoms with Gasteiger partial charge in [0.1, 0.15) is 6.04 Å². The number of likely N-dealkylation sites (tertiary alicyclic amines) is 1. The molecule has 2 heterocycles. The lowest BCUT2D eigenvalue weighted by Gasteiger charge is -2.30. The second-order valence-corrected chi connectivity index (χ2v) is 5.04. The maximum absolute atomic E-state index is 11.2. The van der Waals surface area contributed by atoms with Crippen LogP contribution < -0.4 is 0 Å². The van der Waals surface area contributed by atoms with Gasteiger partial charge in [0, 0.05) is 26.2 Å². The summed E-state index contributed by atoms with van der Waals surface area (Å²) in [7, 11) is 0. The largest absolute Gasteiger partial charge is 0.480 e. The Hall–Kier alpha value is -0.650. The van der Waals surface area contributed by atoms with E-state index in [-0.39, 0.29) is 12.0 Å². The van der Waals surface area contributed by atoms with Crippen LogP contribution in [0.25, 0.3) is 0 Å². The van der Waals surface area contributed by atoms with Crippen molar-refractivity contribution < 1.29 is 14.6 Å². The Balaban J connectivity index is 1.79. The van der Waals surface area contributed by atoms with Gasteiger partial charge in [-0.15, -0.1) is 0 Å². The van der Waals surface area contributed by atoms with Gasteiger partial charge in [-0.3, -0.25) is 14.6 Å². The molecule has 0 aromatic carbocycles. The molecule has 0 saturated carbocycles. The van der Waals surface area contributed by atoms with E-state index in [0.29, 0.717) is 0 Å². The molecule has 1 N–H and O–H groups in total. The molecule has 2 atom stereocenters. The first-order valence-electron chi connectivity index (χ1n) is 6.45. The monoisotopic (exact) mass is 242 g/mol. The minimum atomic E-state index is -0.669. The first kappa shape index (κ1) is 12.8. The zero-order valence-electron chi connectivity index (χ0n) is 10.5. The molecule has 0 aromatic rings. The lowest BCUT2D eigenvalue weighted by atomic mass is 10.0. The van der Waals surface area contributed by atoms with Gasteiger partial charge in [-0.25, -0.2) is 0 Å². The highest BCUT2D eigenvalue weighted by Crippen LogP contribution is 2.23. The predicted molar refractivity (Wildman–Crippen MR) is 64.0 cm³/mol. The molecule has 5 heteroatoms. The summed E-state index contributed by atoms with van der Waals surface area (Å²) >= 11 is 0. The molecule has 98 valence electrons. The fourth-order valence-corrected chi connectivity index (χ4v) is 2.77. The molecule has 0 radical (unpaired) electrons. The molecule has 2 unspecified atom stereocenters. The number of carbonyl (C=O) groups is 1. The summed E-state index contributed by atoms with van der Waals surface area (Å²) in [6, 6.07) is -0.281. The van der Waals surface area contributed by atoms with Crippen LogP contribution in [0.2, 0.25) is 0 Å². The summed E-state index contributed by atoms with van der Waals surface area (Å²) < 4.78 is 5.30. The summed E-state index contributed by atoms with van der Waals surface area (Å²) in [4.78, 5) is 15.7. The number of nitrogens with zero attached hydrogens (tertiary/aromatic N) is 2. The summed E-state index contributed by atoms with van der Waals surface area (Å²) in [5.74, 6) is -0.394. The van der Waals surface area contributed by atoms with Crippen LogP contribution in [0.5, 0.6) is 0 Å². The van der Waals surface area contributed by atoms with Crippen molar-refractivity contribution in [1.29, 1.82) is 0 Å². The number of morpholine rings is 1. The highest BCUT2D eigenvalue weighted by atomic mass is 16.5. The van der Waals surface area contributed by atoms with Crippen LogP contribution in [-0.4, -0.2) is 72.9 Å². The highest BCUT2D eigenvalue weighted by Gasteiger charge is 2.36. The molecule has 2 aliphatic rings. The third-order valence-corrected chi connectivity index (χ3v) is 3.86. The van der Waals surface area contributed by atoms with Crippen LogP contribution in [0.3, 0.4) is 0 Å². The molecule has 0 aliphatic carbocycles. The van der Waals surface area contributed by atoms with Crippen molar-refractivity contribution >= 4 is 5.97 Å². The summed E-state index contributed by atoms with van der Waals surface area (Å²) in [5, 5.41) is 9.22. The first-order valence-corrected chi connectivity index (χ1v) is 6.45. The lowest BCUT2D eigenvalue weighted by Crippen LogP contribution is -2.45. The smallest absolute Gasteiger partial charge is 0.321 e. The van der Waals surface area contributed by atoms with Crippen LogP contribution in [0.15, 0.2) is 0 Å². The van der Waals surface area contributed by atoms with E-state index in [1.807, 2.05) is 6.92 Å². The van der Waals surface area contributed by atoms with Gasteiger partial charge in [-0.05, 0) is 18.9 Å². The Morgan fingerprint density at radius 3 is 2.65 bits per heavy atom. The Bertz CT molecular complexity index is 266. The number of hydrogen-bond acceptors (Lipinski definition) is 4. The van der Waals surface area contributed by atoms with Gasteiger partial charge < -0.3 is 9.84 Å². The average molecular weight is 242 g/mol. The molecule has 17 heavy (non-hydrogen) atoms. The average Bonchev–Trinajstić information content (AvgIpc) is 2.69. The van der Waals surface area contributed by atoms with Crippen molar-refractivity contribution in [2.45, 2.75) is 19.4 Å². The molecule has 5 nitrogen and oxygen atoms in total. The quantitative estimate of drug-likeness (QED) is 0.758. The fourth-order valence-electron chi connectivity index (χ4n) is 2.77. The van der Waals surface area contributed by atoms with E-state index in [1.165, 1.54) is 0 Å². The van der Waals surface area contributed by atoms with E-state index in [4.69, 9.17) is 4.74 Å². The lowest BCUT2D eigenvalue weighted by molar-refractivity contribution is -0.143. The zero-order valence-corrected chi connectivity index (χ0v) is 10.5. The van der Waals surface area contributed by atoms with E-state index < -0.39 is 5.97 Å². The normalized spacial score (nSPS) is 31.8. The van der Waals surface area contributed by atoms with Crippen molar-refractivity contribution in [3.8, 4) is 0 Å². The van der Waals surface area contributed by atoms with Crippen molar-refractivity contribution in [3.05, 3.63) is 0 Å². The third-order valence-electron chi connectivity index (χ3n) is 3.86. The minimum absolute atomic E-state index is 0.275. The first-order chi connectivity index (χ1) is 8.18.